The van der Waals surface area contributed by atoms with Gasteiger partial charge in [-0.25, -0.2) is 0 Å². The number of aromatic nitrogens is 2. The Bertz CT molecular complexity index is 525. The number of hydrogen-bond acceptors (Lipinski definition) is 6. The molecule has 0 unspecified atom stereocenters. The van der Waals surface area contributed by atoms with Gasteiger partial charge in [-0.15, -0.1) is 0 Å². The second-order valence-electron chi connectivity index (χ2n) is 5.27. The van der Waals surface area contributed by atoms with Crippen LogP contribution in [-0.4, -0.2) is 59.7 Å². The molecule has 0 aliphatic carbocycles. The van der Waals surface area contributed by atoms with Crippen molar-refractivity contribution in [3.05, 3.63) is 22.7 Å². The molecule has 108 valence electrons. The van der Waals surface area contributed by atoms with Crippen molar-refractivity contribution in [3.8, 4) is 11.4 Å². The molecule has 3 rings (SSSR count). The van der Waals surface area contributed by atoms with E-state index in [4.69, 9.17) is 4.52 Å². The van der Waals surface area contributed by atoms with Crippen LogP contribution in [-0.2, 0) is 6.42 Å². The highest BCUT2D eigenvalue weighted by Gasteiger charge is 2.14. The quantitative estimate of drug-likeness (QED) is 0.862. The molecule has 0 atom stereocenters. The minimum absolute atomic E-state index is 0.705. The van der Waals surface area contributed by atoms with E-state index in [1.807, 2.05) is 16.8 Å². The third-order valence-corrected chi connectivity index (χ3v) is 4.38. The van der Waals surface area contributed by atoms with Crippen LogP contribution in [0.5, 0.6) is 0 Å². The predicted octanol–water partition coefficient (Wildman–Crippen LogP) is 1.98. The first kappa shape index (κ1) is 13.7. The Kier molecular flexibility index (Phi) is 4.44. The zero-order valence-electron chi connectivity index (χ0n) is 11.8. The summed E-state index contributed by atoms with van der Waals surface area (Å²) >= 11 is 1.65. The molecule has 0 amide bonds. The van der Waals surface area contributed by atoms with E-state index in [0.29, 0.717) is 5.82 Å². The highest BCUT2D eigenvalue weighted by molar-refractivity contribution is 7.08. The van der Waals surface area contributed by atoms with Crippen molar-refractivity contribution in [1.29, 1.82) is 0 Å². The van der Waals surface area contributed by atoms with Crippen LogP contribution < -0.4 is 0 Å². The van der Waals surface area contributed by atoms with Gasteiger partial charge < -0.3 is 14.3 Å². The number of nitrogens with zero attached hydrogens (tertiary/aromatic N) is 4. The normalized spacial score (nSPS) is 18.2. The summed E-state index contributed by atoms with van der Waals surface area (Å²) in [5, 5.41) is 8.11. The van der Waals surface area contributed by atoms with Crippen LogP contribution in [0.4, 0.5) is 0 Å². The number of likely N-dealkylation sites (N-methyl/N-ethyl adjacent to an activating group) is 1. The largest absolute Gasteiger partial charge is 0.339 e. The summed E-state index contributed by atoms with van der Waals surface area (Å²) in [7, 11) is 2.19. The maximum Gasteiger partial charge on any atom is 0.228 e. The van der Waals surface area contributed by atoms with Crippen LogP contribution in [0.1, 0.15) is 12.3 Å². The van der Waals surface area contributed by atoms with Crippen LogP contribution in [0, 0.1) is 0 Å². The highest BCUT2D eigenvalue weighted by Crippen LogP contribution is 2.18. The lowest BCUT2D eigenvalue weighted by Crippen LogP contribution is -2.30. The van der Waals surface area contributed by atoms with Gasteiger partial charge in [-0.1, -0.05) is 5.16 Å². The van der Waals surface area contributed by atoms with Gasteiger partial charge in [0, 0.05) is 37.0 Å². The van der Waals surface area contributed by atoms with E-state index in [0.717, 1.165) is 44.1 Å². The van der Waals surface area contributed by atoms with E-state index in [2.05, 4.69) is 27.0 Å². The molecule has 0 aromatic carbocycles. The van der Waals surface area contributed by atoms with Crippen LogP contribution >= 0.6 is 11.3 Å². The Morgan fingerprint density at radius 2 is 2.25 bits per heavy atom. The molecule has 0 radical (unpaired) electrons. The van der Waals surface area contributed by atoms with E-state index in [9.17, 15) is 0 Å². The molecule has 0 bridgehead atoms. The molecular weight excluding hydrogens is 272 g/mol. The molecule has 2 aromatic rings. The third kappa shape index (κ3) is 3.45. The molecule has 0 N–H and O–H groups in total. The monoisotopic (exact) mass is 292 g/mol. The SMILES string of the molecule is CN1CCCN(CCc2nc(-c3ccsc3)no2)CC1. The van der Waals surface area contributed by atoms with Gasteiger partial charge in [0.05, 0.1) is 0 Å². The first-order valence-corrected chi connectivity index (χ1v) is 8.01. The first-order valence-electron chi connectivity index (χ1n) is 7.07. The minimum Gasteiger partial charge on any atom is -0.339 e. The van der Waals surface area contributed by atoms with Gasteiger partial charge >= 0.3 is 0 Å². The average molecular weight is 292 g/mol. The Balaban J connectivity index is 1.53. The van der Waals surface area contributed by atoms with Crippen molar-refractivity contribution < 1.29 is 4.52 Å². The summed E-state index contributed by atoms with van der Waals surface area (Å²) in [6.07, 6.45) is 2.07. The zero-order chi connectivity index (χ0) is 13.8. The summed E-state index contributed by atoms with van der Waals surface area (Å²) in [6.45, 7) is 5.63. The van der Waals surface area contributed by atoms with Gasteiger partial charge in [0.2, 0.25) is 11.7 Å². The lowest BCUT2D eigenvalue weighted by molar-refractivity contribution is 0.266. The summed E-state index contributed by atoms with van der Waals surface area (Å²) in [5.74, 6) is 1.45. The van der Waals surface area contributed by atoms with Crippen LogP contribution in [0.25, 0.3) is 11.4 Å². The molecule has 0 saturated carbocycles. The Labute approximate surface area is 123 Å². The van der Waals surface area contributed by atoms with Gasteiger partial charge in [0.15, 0.2) is 0 Å². The fourth-order valence-corrected chi connectivity index (χ4v) is 3.08. The standard InChI is InChI=1S/C14H20N4OS/c1-17-5-2-6-18(9-8-17)7-3-13-15-14(16-19-13)12-4-10-20-11-12/h4,10-11H,2-3,5-9H2,1H3. The van der Waals surface area contributed by atoms with E-state index < -0.39 is 0 Å². The van der Waals surface area contributed by atoms with Gasteiger partial charge in [-0.2, -0.15) is 16.3 Å². The summed E-state index contributed by atoms with van der Waals surface area (Å²) in [5.41, 5.74) is 1.04. The highest BCUT2D eigenvalue weighted by atomic mass is 32.1. The summed E-state index contributed by atoms with van der Waals surface area (Å²) in [6, 6.07) is 2.02. The number of thiophene rings is 1. The third-order valence-electron chi connectivity index (χ3n) is 3.70. The first-order chi connectivity index (χ1) is 9.81. The molecule has 5 nitrogen and oxygen atoms in total. The van der Waals surface area contributed by atoms with Crippen LogP contribution in [0.2, 0.25) is 0 Å². The van der Waals surface area contributed by atoms with Crippen LogP contribution in [0.3, 0.4) is 0 Å². The van der Waals surface area contributed by atoms with E-state index in [1.165, 1.54) is 13.0 Å². The fraction of sp³-hybridized carbons (Fsp3) is 0.571. The summed E-state index contributed by atoms with van der Waals surface area (Å²) < 4.78 is 5.34. The zero-order valence-corrected chi connectivity index (χ0v) is 12.6. The molecule has 20 heavy (non-hydrogen) atoms. The maximum absolute atomic E-state index is 5.34. The lowest BCUT2D eigenvalue weighted by Gasteiger charge is -2.18. The van der Waals surface area contributed by atoms with E-state index in [-0.39, 0.29) is 0 Å². The Morgan fingerprint density at radius 1 is 1.30 bits per heavy atom. The van der Waals surface area contributed by atoms with Gasteiger partial charge in [0.25, 0.3) is 0 Å². The van der Waals surface area contributed by atoms with Gasteiger partial charge in [0.1, 0.15) is 0 Å². The maximum atomic E-state index is 5.34. The second-order valence-corrected chi connectivity index (χ2v) is 6.05. The predicted molar refractivity (Wildman–Crippen MR) is 79.9 cm³/mol. The van der Waals surface area contributed by atoms with Gasteiger partial charge in [-0.3, -0.25) is 0 Å². The van der Waals surface area contributed by atoms with Crippen LogP contribution in [0.15, 0.2) is 21.3 Å². The average Bonchev–Trinajstić information content (AvgIpc) is 3.08. The molecular formula is C14H20N4OS. The Hall–Kier alpha value is -1.24. The van der Waals surface area contributed by atoms with E-state index in [1.54, 1.807) is 11.3 Å². The molecule has 0 spiro atoms. The van der Waals surface area contributed by atoms with Crippen molar-refractivity contribution in [2.24, 2.45) is 0 Å². The number of hydrogen-bond donors (Lipinski definition) is 0. The van der Waals surface area contributed by atoms with Crippen molar-refractivity contribution >= 4 is 11.3 Å². The minimum atomic E-state index is 0.705. The lowest BCUT2D eigenvalue weighted by atomic mass is 10.3. The van der Waals surface area contributed by atoms with Crippen molar-refractivity contribution in [2.45, 2.75) is 12.8 Å². The molecule has 1 aliphatic rings. The fourth-order valence-electron chi connectivity index (χ4n) is 2.44. The van der Waals surface area contributed by atoms with Crippen molar-refractivity contribution in [1.82, 2.24) is 19.9 Å². The smallest absolute Gasteiger partial charge is 0.228 e. The van der Waals surface area contributed by atoms with E-state index >= 15 is 0 Å². The van der Waals surface area contributed by atoms with Crippen molar-refractivity contribution in [3.63, 3.8) is 0 Å². The molecule has 3 heterocycles. The Morgan fingerprint density at radius 3 is 3.10 bits per heavy atom. The van der Waals surface area contributed by atoms with Gasteiger partial charge in [-0.05, 0) is 38.0 Å². The van der Waals surface area contributed by atoms with Crippen molar-refractivity contribution in [2.75, 3.05) is 39.8 Å². The molecule has 2 aromatic heterocycles. The number of rotatable bonds is 4. The second kappa shape index (κ2) is 6.47. The molecule has 6 heteroatoms. The summed E-state index contributed by atoms with van der Waals surface area (Å²) in [4.78, 5) is 9.34. The topological polar surface area (TPSA) is 45.4 Å². The molecule has 1 fully saturated rings. The molecule has 1 saturated heterocycles. The molecule has 1 aliphatic heterocycles.